The number of aliphatic imine (C=N–C) groups is 1. The molecule has 0 unspecified atom stereocenters. The van der Waals surface area contributed by atoms with Crippen LogP contribution in [0.25, 0.3) is 0 Å². The van der Waals surface area contributed by atoms with E-state index in [1.165, 1.54) is 11.8 Å². The fourth-order valence-electron chi connectivity index (χ4n) is 3.88. The molecule has 0 aliphatic carbocycles. The molecule has 8 heteroatoms. The van der Waals surface area contributed by atoms with Crippen LogP contribution < -0.4 is 4.90 Å². The number of carbonyl (C=O) groups excluding carboxylic acids is 1. The summed E-state index contributed by atoms with van der Waals surface area (Å²) in [5.74, 6) is -0.0529. The van der Waals surface area contributed by atoms with Crippen LogP contribution in [0.15, 0.2) is 47.5 Å². The van der Waals surface area contributed by atoms with E-state index in [-0.39, 0.29) is 35.1 Å². The second-order valence-electron chi connectivity index (χ2n) is 7.61. The number of sulfone groups is 1. The lowest BCUT2D eigenvalue weighted by Gasteiger charge is -2.25. The molecule has 2 heterocycles. The molecule has 29 heavy (non-hydrogen) atoms. The Balaban J connectivity index is 1.66. The maximum atomic E-state index is 12.6. The Labute approximate surface area is 180 Å². The quantitative estimate of drug-likeness (QED) is 0.714. The van der Waals surface area contributed by atoms with Crippen LogP contribution in [0, 0.1) is 13.8 Å². The van der Waals surface area contributed by atoms with E-state index in [0.29, 0.717) is 10.2 Å². The summed E-state index contributed by atoms with van der Waals surface area (Å²) in [4.78, 5) is 19.0. The van der Waals surface area contributed by atoms with Gasteiger partial charge in [-0.05, 0) is 54.8 Å². The lowest BCUT2D eigenvalue weighted by atomic mass is 10.1. The molecule has 2 aromatic rings. The van der Waals surface area contributed by atoms with E-state index in [4.69, 9.17) is 11.6 Å². The molecule has 2 aliphatic rings. The first-order chi connectivity index (χ1) is 13.7. The van der Waals surface area contributed by atoms with Crippen molar-refractivity contribution in [1.82, 2.24) is 0 Å². The number of amidine groups is 1. The lowest BCUT2D eigenvalue weighted by Crippen LogP contribution is -2.37. The average Bonchev–Trinajstić information content (AvgIpc) is 3.06. The van der Waals surface area contributed by atoms with Crippen LogP contribution in [0.1, 0.15) is 16.7 Å². The molecule has 2 fully saturated rings. The molecule has 2 aromatic carbocycles. The van der Waals surface area contributed by atoms with E-state index in [9.17, 15) is 13.2 Å². The molecule has 0 radical (unpaired) electrons. The third-order valence-electron chi connectivity index (χ3n) is 5.04. The van der Waals surface area contributed by atoms with E-state index < -0.39 is 9.84 Å². The van der Waals surface area contributed by atoms with Crippen molar-refractivity contribution in [2.45, 2.75) is 31.6 Å². The Morgan fingerprint density at radius 3 is 2.45 bits per heavy atom. The minimum absolute atomic E-state index is 0.0854. The van der Waals surface area contributed by atoms with Gasteiger partial charge in [0, 0.05) is 16.0 Å². The van der Waals surface area contributed by atoms with Crippen molar-refractivity contribution in [2.24, 2.45) is 4.99 Å². The highest BCUT2D eigenvalue weighted by Gasteiger charge is 2.49. The number of anilines is 1. The summed E-state index contributed by atoms with van der Waals surface area (Å²) in [7, 11) is -3.09. The van der Waals surface area contributed by atoms with Crippen LogP contribution in [0.5, 0.6) is 0 Å². The van der Waals surface area contributed by atoms with E-state index in [1.807, 2.05) is 43.0 Å². The summed E-state index contributed by atoms with van der Waals surface area (Å²) in [6, 6.07) is 13.0. The SMILES string of the molecule is Cc1cc(C)cc(N2C(=NC(=O)Cc3ccc(Cl)cc3)S[C@H]3CS(=O)(=O)C[C@H]32)c1. The number of halogens is 1. The summed E-state index contributed by atoms with van der Waals surface area (Å²) in [6.07, 6.45) is 0.176. The van der Waals surface area contributed by atoms with Gasteiger partial charge in [0.1, 0.15) is 0 Å². The summed E-state index contributed by atoms with van der Waals surface area (Å²) in [5.41, 5.74) is 3.90. The highest BCUT2D eigenvalue weighted by atomic mass is 35.5. The van der Waals surface area contributed by atoms with Gasteiger partial charge in [-0.15, -0.1) is 0 Å². The summed E-state index contributed by atoms with van der Waals surface area (Å²) in [6.45, 7) is 4.01. The molecule has 2 atom stereocenters. The largest absolute Gasteiger partial charge is 0.316 e. The molecule has 5 nitrogen and oxygen atoms in total. The number of nitrogens with zero attached hydrogens (tertiary/aromatic N) is 2. The Morgan fingerprint density at radius 1 is 1.14 bits per heavy atom. The number of benzene rings is 2. The zero-order chi connectivity index (χ0) is 20.8. The Kier molecular flexibility index (Phi) is 5.48. The standard InChI is InChI=1S/C21H21ClN2O3S2/c1-13-7-14(2)9-17(8-13)24-18-11-29(26,27)12-19(18)28-21(24)23-20(25)10-15-3-5-16(22)6-4-15/h3-9,18-19H,10-12H2,1-2H3/t18-,19+/m1/s1. The first-order valence-electron chi connectivity index (χ1n) is 9.31. The number of fused-ring (bicyclic) bond motifs is 1. The van der Waals surface area contributed by atoms with Gasteiger partial charge in [0.05, 0.1) is 24.0 Å². The van der Waals surface area contributed by atoms with Gasteiger partial charge in [0.2, 0.25) is 0 Å². The predicted molar refractivity (Wildman–Crippen MR) is 120 cm³/mol. The van der Waals surface area contributed by atoms with Gasteiger partial charge in [-0.3, -0.25) is 4.79 Å². The molecule has 2 aliphatic heterocycles. The van der Waals surface area contributed by atoms with Crippen LogP contribution >= 0.6 is 23.4 Å². The number of hydrogen-bond donors (Lipinski definition) is 0. The van der Waals surface area contributed by atoms with Gasteiger partial charge in [-0.1, -0.05) is 41.6 Å². The summed E-state index contributed by atoms with van der Waals surface area (Å²) in [5, 5.41) is 1.09. The van der Waals surface area contributed by atoms with E-state index in [0.717, 1.165) is 22.4 Å². The van der Waals surface area contributed by atoms with Gasteiger partial charge >= 0.3 is 0 Å². The maximum absolute atomic E-state index is 12.6. The van der Waals surface area contributed by atoms with Crippen molar-refractivity contribution >= 4 is 50.0 Å². The van der Waals surface area contributed by atoms with Crippen molar-refractivity contribution in [3.63, 3.8) is 0 Å². The number of hydrogen-bond acceptors (Lipinski definition) is 4. The monoisotopic (exact) mass is 448 g/mol. The van der Waals surface area contributed by atoms with E-state index >= 15 is 0 Å². The molecule has 4 rings (SSSR count). The number of amides is 1. The molecule has 1 amide bonds. The fourth-order valence-corrected chi connectivity index (χ4v) is 7.94. The highest BCUT2D eigenvalue weighted by molar-refractivity contribution is 8.16. The maximum Gasteiger partial charge on any atom is 0.252 e. The van der Waals surface area contributed by atoms with Crippen LogP contribution in [-0.2, 0) is 21.1 Å². The van der Waals surface area contributed by atoms with Gasteiger partial charge < -0.3 is 4.90 Å². The topological polar surface area (TPSA) is 66.8 Å². The highest BCUT2D eigenvalue weighted by Crippen LogP contribution is 2.41. The normalized spacial score (nSPS) is 24.1. The smallest absolute Gasteiger partial charge is 0.252 e. The van der Waals surface area contributed by atoms with Crippen LogP contribution in [-0.4, -0.2) is 42.3 Å². The van der Waals surface area contributed by atoms with Crippen molar-refractivity contribution < 1.29 is 13.2 Å². The molecule has 0 spiro atoms. The van der Waals surface area contributed by atoms with Crippen molar-refractivity contribution in [2.75, 3.05) is 16.4 Å². The first-order valence-corrected chi connectivity index (χ1v) is 12.4. The Hall–Kier alpha value is -1.83. The van der Waals surface area contributed by atoms with Gasteiger partial charge in [0.25, 0.3) is 5.91 Å². The van der Waals surface area contributed by atoms with Crippen molar-refractivity contribution in [3.05, 3.63) is 64.2 Å². The molecule has 152 valence electrons. The third kappa shape index (κ3) is 4.52. The fraction of sp³-hybridized carbons (Fsp3) is 0.333. The average molecular weight is 449 g/mol. The number of thioether (sulfide) groups is 1. The number of carbonyl (C=O) groups is 1. The minimum atomic E-state index is -3.09. The molecular weight excluding hydrogens is 428 g/mol. The number of aryl methyl sites for hydroxylation is 2. The molecule has 2 saturated heterocycles. The third-order valence-corrected chi connectivity index (χ3v) is 8.50. The van der Waals surface area contributed by atoms with Crippen molar-refractivity contribution in [1.29, 1.82) is 0 Å². The van der Waals surface area contributed by atoms with Crippen LogP contribution in [0.3, 0.4) is 0 Å². The predicted octanol–water partition coefficient (Wildman–Crippen LogP) is 3.80. The number of rotatable bonds is 3. The van der Waals surface area contributed by atoms with Crippen molar-refractivity contribution in [3.8, 4) is 0 Å². The second kappa shape index (κ2) is 7.78. The zero-order valence-electron chi connectivity index (χ0n) is 16.1. The lowest BCUT2D eigenvalue weighted by molar-refractivity contribution is -0.117. The Bertz CT molecular complexity index is 1080. The van der Waals surface area contributed by atoms with Gasteiger partial charge in [0.15, 0.2) is 15.0 Å². The molecule has 0 aromatic heterocycles. The summed E-state index contributed by atoms with van der Waals surface area (Å²) >= 11 is 7.30. The minimum Gasteiger partial charge on any atom is -0.316 e. The first kappa shape index (κ1) is 20.4. The van der Waals surface area contributed by atoms with Crippen LogP contribution in [0.4, 0.5) is 5.69 Å². The van der Waals surface area contributed by atoms with E-state index in [2.05, 4.69) is 11.1 Å². The zero-order valence-corrected chi connectivity index (χ0v) is 18.5. The molecular formula is C21H21ClN2O3S2. The molecule has 0 saturated carbocycles. The van der Waals surface area contributed by atoms with Gasteiger partial charge in [-0.25, -0.2) is 8.42 Å². The second-order valence-corrected chi connectivity index (χ2v) is 11.4. The molecule has 0 bridgehead atoms. The summed E-state index contributed by atoms with van der Waals surface area (Å²) < 4.78 is 24.4. The van der Waals surface area contributed by atoms with Gasteiger partial charge in [-0.2, -0.15) is 4.99 Å². The Morgan fingerprint density at radius 2 is 1.79 bits per heavy atom. The molecule has 0 N–H and O–H groups in total. The van der Waals surface area contributed by atoms with Crippen LogP contribution in [0.2, 0.25) is 5.02 Å². The van der Waals surface area contributed by atoms with E-state index in [1.54, 1.807) is 12.1 Å².